The summed E-state index contributed by atoms with van der Waals surface area (Å²) in [6.45, 7) is 10.4. The Morgan fingerprint density at radius 1 is 0.839 bits per heavy atom. The zero-order valence-electron chi connectivity index (χ0n) is 18.8. The largest absolute Gasteiger partial charge is 0.488 e. The molecule has 2 aromatic carbocycles. The van der Waals surface area contributed by atoms with Crippen LogP contribution in [0.5, 0.6) is 5.75 Å². The van der Waals surface area contributed by atoms with E-state index in [9.17, 15) is 16.8 Å². The smallest absolute Gasteiger partial charge is 0.296 e. The Morgan fingerprint density at radius 2 is 1.39 bits per heavy atom. The van der Waals surface area contributed by atoms with E-state index in [1.165, 1.54) is 12.1 Å². The first kappa shape index (κ1) is 25.2. The maximum atomic E-state index is 12.3. The van der Waals surface area contributed by atoms with E-state index in [-0.39, 0.29) is 11.5 Å². The van der Waals surface area contributed by atoms with Gasteiger partial charge in [0.05, 0.1) is 16.2 Å². The fourth-order valence-corrected chi connectivity index (χ4v) is 4.10. The minimum absolute atomic E-state index is 0.0350. The molecule has 9 heteroatoms. The topological polar surface area (TPSA) is 98.8 Å². The molecule has 31 heavy (non-hydrogen) atoms. The Morgan fingerprint density at radius 3 is 1.90 bits per heavy atom. The second-order valence-corrected chi connectivity index (χ2v) is 13.0. The van der Waals surface area contributed by atoms with Gasteiger partial charge in [0.2, 0.25) is 10.0 Å². The molecule has 7 nitrogen and oxygen atoms in total. The zero-order chi connectivity index (χ0) is 23.5. The van der Waals surface area contributed by atoms with Crippen molar-refractivity contribution in [1.82, 2.24) is 0 Å². The fourth-order valence-electron chi connectivity index (χ4n) is 2.44. The van der Waals surface area contributed by atoms with Gasteiger partial charge in [0.15, 0.2) is 0 Å². The molecule has 0 unspecified atom stereocenters. The number of rotatable bonds is 9. The Balaban J connectivity index is 1.94. The molecule has 0 fully saturated rings. The molecule has 0 heterocycles. The third kappa shape index (κ3) is 7.22. The third-order valence-corrected chi connectivity index (χ3v) is 8.00. The van der Waals surface area contributed by atoms with Gasteiger partial charge in [-0.15, -0.1) is 0 Å². The fraction of sp³-hybridized carbons (Fsp3) is 0.455. The van der Waals surface area contributed by atoms with Crippen molar-refractivity contribution >= 4 is 25.8 Å². The van der Waals surface area contributed by atoms with E-state index < -0.39 is 30.5 Å². The summed E-state index contributed by atoms with van der Waals surface area (Å²) < 4.78 is 61.8. The van der Waals surface area contributed by atoms with Gasteiger partial charge in [0.25, 0.3) is 10.1 Å². The number of benzene rings is 2. The van der Waals surface area contributed by atoms with Crippen LogP contribution in [0.4, 0.5) is 5.69 Å². The van der Waals surface area contributed by atoms with E-state index in [0.29, 0.717) is 17.9 Å². The van der Waals surface area contributed by atoms with Gasteiger partial charge in [-0.3, -0.25) is 8.91 Å². The van der Waals surface area contributed by atoms with Crippen LogP contribution >= 0.6 is 0 Å². The molecule has 0 amide bonds. The van der Waals surface area contributed by atoms with Gasteiger partial charge >= 0.3 is 0 Å². The van der Waals surface area contributed by atoms with Crippen molar-refractivity contribution in [2.75, 3.05) is 11.3 Å². The van der Waals surface area contributed by atoms with Gasteiger partial charge < -0.3 is 4.74 Å². The molecule has 0 atom stereocenters. The molecule has 0 aromatic heterocycles. The minimum atomic E-state index is -3.83. The van der Waals surface area contributed by atoms with Gasteiger partial charge in [0.1, 0.15) is 11.4 Å². The Labute approximate surface area is 186 Å². The molecule has 2 aromatic rings. The van der Waals surface area contributed by atoms with Gasteiger partial charge in [-0.1, -0.05) is 17.7 Å². The molecular weight excluding hydrogens is 438 g/mol. The second-order valence-electron chi connectivity index (χ2n) is 8.94. The lowest BCUT2D eigenvalue weighted by molar-refractivity contribution is 0.0822. The molecule has 0 aliphatic heterocycles. The van der Waals surface area contributed by atoms with Crippen LogP contribution in [0.2, 0.25) is 0 Å². The summed E-state index contributed by atoms with van der Waals surface area (Å²) in [5.41, 5.74) is 0.702. The van der Waals surface area contributed by atoms with Gasteiger partial charge in [-0.2, -0.15) is 8.42 Å². The van der Waals surface area contributed by atoms with Crippen LogP contribution in [0.25, 0.3) is 0 Å². The van der Waals surface area contributed by atoms with Crippen molar-refractivity contribution in [1.29, 1.82) is 0 Å². The lowest BCUT2D eigenvalue weighted by Gasteiger charge is -2.26. The quantitative estimate of drug-likeness (QED) is 0.543. The van der Waals surface area contributed by atoms with Crippen LogP contribution in [0.3, 0.4) is 0 Å². The number of aryl methyl sites for hydroxylation is 1. The normalized spacial score (nSPS) is 13.1. The molecule has 1 N–H and O–H groups in total. The van der Waals surface area contributed by atoms with Crippen LogP contribution in [0.1, 0.15) is 46.6 Å². The molecule has 0 saturated heterocycles. The van der Waals surface area contributed by atoms with Crippen molar-refractivity contribution in [3.05, 3.63) is 54.1 Å². The van der Waals surface area contributed by atoms with E-state index in [2.05, 4.69) is 4.72 Å². The summed E-state index contributed by atoms with van der Waals surface area (Å²) in [4.78, 5) is 0.116. The summed E-state index contributed by atoms with van der Waals surface area (Å²) in [6.07, 6.45) is 0.330. The summed E-state index contributed by atoms with van der Waals surface area (Å²) >= 11 is 0. The van der Waals surface area contributed by atoms with Gasteiger partial charge in [-0.05, 0) is 77.9 Å². The Bertz CT molecular complexity index is 1080. The molecule has 0 aliphatic rings. The highest BCUT2D eigenvalue weighted by atomic mass is 32.2. The highest BCUT2D eigenvalue weighted by Crippen LogP contribution is 2.25. The van der Waals surface area contributed by atoms with Crippen LogP contribution in [-0.4, -0.2) is 33.8 Å². The molecule has 0 bridgehead atoms. The Hall–Kier alpha value is -2.10. The van der Waals surface area contributed by atoms with E-state index in [1.54, 1.807) is 57.2 Å². The first-order chi connectivity index (χ1) is 14.1. The standard InChI is InChI=1S/C22H31NO6S2/c1-17-7-13-20(14-8-17)30(24,25)28-16-15-22(5,6)29-19-11-9-18(10-12-19)23-31(26,27)21(2,3)4/h7-14,23H,15-16H2,1-6H3. The average Bonchev–Trinajstić information content (AvgIpc) is 2.62. The highest BCUT2D eigenvalue weighted by Gasteiger charge is 2.29. The zero-order valence-corrected chi connectivity index (χ0v) is 20.4. The molecule has 0 aliphatic carbocycles. The number of hydrogen-bond acceptors (Lipinski definition) is 6. The molecule has 2 rings (SSSR count). The molecule has 0 spiro atoms. The number of ether oxygens (including phenoxy) is 1. The lowest BCUT2D eigenvalue weighted by atomic mass is 10.1. The number of nitrogens with one attached hydrogen (secondary N) is 1. The summed E-state index contributed by atoms with van der Waals surface area (Å²) in [5.74, 6) is 0.532. The SMILES string of the molecule is Cc1ccc(S(=O)(=O)OCCC(C)(C)Oc2ccc(NS(=O)(=O)C(C)(C)C)cc2)cc1. The van der Waals surface area contributed by atoms with Crippen LogP contribution in [0.15, 0.2) is 53.4 Å². The van der Waals surface area contributed by atoms with Crippen molar-refractivity contribution in [2.24, 2.45) is 0 Å². The maximum absolute atomic E-state index is 12.3. The first-order valence-electron chi connectivity index (χ1n) is 9.89. The van der Waals surface area contributed by atoms with Crippen LogP contribution in [-0.2, 0) is 24.3 Å². The van der Waals surface area contributed by atoms with Gasteiger partial charge in [0, 0.05) is 12.1 Å². The van der Waals surface area contributed by atoms with E-state index in [1.807, 2.05) is 20.8 Å². The molecule has 0 radical (unpaired) electrons. The predicted octanol–water partition coefficient (Wildman–Crippen LogP) is 4.49. The average molecular weight is 470 g/mol. The molecule has 172 valence electrons. The predicted molar refractivity (Wildman–Crippen MR) is 122 cm³/mol. The van der Waals surface area contributed by atoms with Crippen molar-refractivity contribution < 1.29 is 25.8 Å². The summed E-state index contributed by atoms with van der Waals surface area (Å²) in [6, 6.07) is 13.0. The van der Waals surface area contributed by atoms with Gasteiger partial charge in [-0.25, -0.2) is 8.42 Å². The number of anilines is 1. The second kappa shape index (κ2) is 9.18. The van der Waals surface area contributed by atoms with Crippen LogP contribution < -0.4 is 9.46 Å². The van der Waals surface area contributed by atoms with E-state index in [4.69, 9.17) is 8.92 Å². The summed E-state index contributed by atoms with van der Waals surface area (Å²) in [7, 11) is -7.34. The van der Waals surface area contributed by atoms with Crippen molar-refractivity contribution in [3.8, 4) is 5.75 Å². The molecular formula is C22H31NO6S2. The van der Waals surface area contributed by atoms with E-state index in [0.717, 1.165) is 5.56 Å². The summed E-state index contributed by atoms with van der Waals surface area (Å²) in [5, 5.41) is 0. The van der Waals surface area contributed by atoms with E-state index >= 15 is 0 Å². The van der Waals surface area contributed by atoms with Crippen LogP contribution in [0, 0.1) is 6.92 Å². The minimum Gasteiger partial charge on any atom is -0.488 e. The maximum Gasteiger partial charge on any atom is 0.296 e. The first-order valence-corrected chi connectivity index (χ1v) is 12.8. The number of hydrogen-bond donors (Lipinski definition) is 1. The third-order valence-electron chi connectivity index (χ3n) is 4.56. The van der Waals surface area contributed by atoms with Crippen molar-refractivity contribution in [2.45, 2.75) is 63.2 Å². The van der Waals surface area contributed by atoms with Crippen molar-refractivity contribution in [3.63, 3.8) is 0 Å². The Kier molecular flexibility index (Phi) is 7.45. The lowest BCUT2D eigenvalue weighted by Crippen LogP contribution is -2.33. The monoisotopic (exact) mass is 469 g/mol. The highest BCUT2D eigenvalue weighted by molar-refractivity contribution is 7.94. The number of sulfonamides is 1. The molecule has 0 saturated carbocycles.